The molecular weight excluding hydrogens is 524 g/mol. The molecule has 4 rings (SSSR count). The van der Waals surface area contributed by atoms with Gasteiger partial charge >= 0.3 is 0 Å². The van der Waals surface area contributed by atoms with Crippen molar-refractivity contribution in [3.63, 3.8) is 0 Å². The molecule has 0 saturated carbocycles. The molecule has 2 atom stereocenters. The van der Waals surface area contributed by atoms with Crippen molar-refractivity contribution in [2.24, 2.45) is 0 Å². The van der Waals surface area contributed by atoms with Gasteiger partial charge in [0, 0.05) is 23.3 Å². The molecule has 0 saturated heterocycles. The lowest BCUT2D eigenvalue weighted by atomic mass is 9.97. The van der Waals surface area contributed by atoms with Crippen LogP contribution in [0.1, 0.15) is 66.3 Å². The van der Waals surface area contributed by atoms with Crippen LogP contribution in [0.3, 0.4) is 0 Å². The van der Waals surface area contributed by atoms with E-state index in [1.807, 2.05) is 39.8 Å². The molecule has 0 amide bonds. The Kier molecular flexibility index (Phi) is 9.74. The maximum absolute atomic E-state index is 13.1. The Morgan fingerprint density at radius 3 is 0.975 bits per heavy atom. The van der Waals surface area contributed by atoms with E-state index in [2.05, 4.69) is 0 Å². The summed E-state index contributed by atoms with van der Waals surface area (Å²) in [6, 6.07) is 15.5. The number of aliphatic hydroxyl groups excluding tert-OH is 2. The molecule has 2 unspecified atom stereocenters. The minimum atomic E-state index is -1.44. The minimum absolute atomic E-state index is 0.186. The standard InChI is InChI=1S/2C16H14F2O2/c2*1-9-3-10(2)5-11(4-9)15(19)16(20)12-6-13(17)8-14(18)7-12/h2*3-8,15,19H,1-2H3. The van der Waals surface area contributed by atoms with Crippen molar-refractivity contribution in [3.8, 4) is 0 Å². The number of hydrogen-bond donors (Lipinski definition) is 2. The fourth-order valence-corrected chi connectivity index (χ4v) is 4.35. The predicted octanol–water partition coefficient (Wildman–Crippen LogP) is 7.00. The van der Waals surface area contributed by atoms with Crippen molar-refractivity contribution < 1.29 is 37.4 Å². The third-order valence-corrected chi connectivity index (χ3v) is 5.91. The number of Topliss-reactive ketones (excluding diaryl/α,β-unsaturated/α-hetero) is 2. The molecule has 0 heterocycles. The normalized spacial score (nSPS) is 12.2. The summed E-state index contributed by atoms with van der Waals surface area (Å²) in [6.07, 6.45) is -2.87. The van der Waals surface area contributed by atoms with Crippen LogP contribution in [0.5, 0.6) is 0 Å². The highest BCUT2D eigenvalue weighted by atomic mass is 19.1. The minimum Gasteiger partial charge on any atom is -0.380 e. The SMILES string of the molecule is Cc1cc(C)cc(C(O)C(=O)c2cc(F)cc(F)c2)c1.Cc1cc(C)cc(C(O)C(=O)c2cc(F)cc(F)c2)c1. The fraction of sp³-hybridized carbons (Fsp3) is 0.188. The van der Waals surface area contributed by atoms with Crippen LogP contribution in [0.2, 0.25) is 0 Å². The van der Waals surface area contributed by atoms with Crippen LogP contribution < -0.4 is 0 Å². The summed E-state index contributed by atoms with van der Waals surface area (Å²) < 4.78 is 52.4. The van der Waals surface area contributed by atoms with Gasteiger partial charge in [-0.2, -0.15) is 0 Å². The van der Waals surface area contributed by atoms with Gasteiger partial charge in [-0.05, 0) is 63.1 Å². The second-order valence-corrected chi connectivity index (χ2v) is 9.69. The molecule has 8 heteroatoms. The molecule has 4 nitrogen and oxygen atoms in total. The zero-order valence-electron chi connectivity index (χ0n) is 22.3. The van der Waals surface area contributed by atoms with E-state index in [1.165, 1.54) is 0 Å². The van der Waals surface area contributed by atoms with Crippen molar-refractivity contribution in [1.82, 2.24) is 0 Å². The fourth-order valence-electron chi connectivity index (χ4n) is 4.35. The molecule has 208 valence electrons. The summed E-state index contributed by atoms with van der Waals surface area (Å²) in [6.45, 7) is 7.37. The Morgan fingerprint density at radius 1 is 0.475 bits per heavy atom. The van der Waals surface area contributed by atoms with Gasteiger partial charge in [0.1, 0.15) is 35.5 Å². The molecule has 4 aromatic rings. The molecule has 4 aromatic carbocycles. The monoisotopic (exact) mass is 552 g/mol. The van der Waals surface area contributed by atoms with Crippen LogP contribution in [-0.2, 0) is 0 Å². The molecule has 0 aliphatic rings. The van der Waals surface area contributed by atoms with E-state index in [0.29, 0.717) is 23.3 Å². The van der Waals surface area contributed by atoms with Gasteiger partial charge in [0.25, 0.3) is 0 Å². The zero-order valence-corrected chi connectivity index (χ0v) is 22.3. The number of benzene rings is 4. The number of rotatable bonds is 6. The molecule has 0 fully saturated rings. The molecule has 0 spiro atoms. The lowest BCUT2D eigenvalue weighted by Crippen LogP contribution is -2.13. The Labute approximate surface area is 229 Å². The second kappa shape index (κ2) is 12.8. The van der Waals surface area contributed by atoms with Gasteiger partial charge in [-0.1, -0.05) is 58.7 Å². The third kappa shape index (κ3) is 7.94. The van der Waals surface area contributed by atoms with E-state index in [9.17, 15) is 37.4 Å². The third-order valence-electron chi connectivity index (χ3n) is 5.91. The van der Waals surface area contributed by atoms with Crippen LogP contribution in [0.25, 0.3) is 0 Å². The van der Waals surface area contributed by atoms with Crippen molar-refractivity contribution >= 4 is 11.6 Å². The van der Waals surface area contributed by atoms with Crippen LogP contribution in [0, 0.1) is 51.0 Å². The number of carbonyl (C=O) groups excluding carboxylic acids is 2. The summed E-state index contributed by atoms with van der Waals surface area (Å²) in [4.78, 5) is 24.2. The number of hydrogen-bond acceptors (Lipinski definition) is 4. The summed E-state index contributed by atoms with van der Waals surface area (Å²) in [7, 11) is 0. The van der Waals surface area contributed by atoms with E-state index in [4.69, 9.17) is 0 Å². The molecular formula is C32H28F4O4. The van der Waals surface area contributed by atoms with Crippen LogP contribution in [0.15, 0.2) is 72.8 Å². The lowest BCUT2D eigenvalue weighted by Gasteiger charge is -2.12. The van der Waals surface area contributed by atoms with Crippen LogP contribution in [0.4, 0.5) is 17.6 Å². The molecule has 0 aliphatic carbocycles. The maximum atomic E-state index is 13.1. The van der Waals surface area contributed by atoms with E-state index >= 15 is 0 Å². The van der Waals surface area contributed by atoms with Gasteiger partial charge in [0.15, 0.2) is 11.6 Å². The highest BCUT2D eigenvalue weighted by molar-refractivity contribution is 6.00. The molecule has 0 radical (unpaired) electrons. The van der Waals surface area contributed by atoms with Gasteiger partial charge < -0.3 is 10.2 Å². The number of halogens is 4. The van der Waals surface area contributed by atoms with Gasteiger partial charge in [-0.25, -0.2) is 17.6 Å². The Bertz CT molecular complexity index is 1370. The van der Waals surface area contributed by atoms with Crippen molar-refractivity contribution in [3.05, 3.63) is 141 Å². The Balaban J connectivity index is 0.000000220. The highest BCUT2D eigenvalue weighted by Gasteiger charge is 2.22. The maximum Gasteiger partial charge on any atom is 0.196 e. The molecule has 2 N–H and O–H groups in total. The Morgan fingerprint density at radius 2 is 0.725 bits per heavy atom. The number of aliphatic hydroxyl groups is 2. The lowest BCUT2D eigenvalue weighted by molar-refractivity contribution is 0.0742. The topological polar surface area (TPSA) is 74.6 Å². The first-order valence-corrected chi connectivity index (χ1v) is 12.3. The first-order chi connectivity index (χ1) is 18.7. The first kappa shape index (κ1) is 30.4. The van der Waals surface area contributed by atoms with Crippen molar-refractivity contribution in [1.29, 1.82) is 0 Å². The largest absolute Gasteiger partial charge is 0.380 e. The molecule has 0 bridgehead atoms. The molecule has 40 heavy (non-hydrogen) atoms. The van der Waals surface area contributed by atoms with Gasteiger partial charge in [-0.3, -0.25) is 9.59 Å². The molecule has 0 aromatic heterocycles. The van der Waals surface area contributed by atoms with Crippen molar-refractivity contribution in [2.45, 2.75) is 39.9 Å². The summed E-state index contributed by atoms with van der Waals surface area (Å²) in [5, 5.41) is 20.2. The van der Waals surface area contributed by atoms with Gasteiger partial charge in [0.05, 0.1) is 0 Å². The smallest absolute Gasteiger partial charge is 0.196 e. The number of ketones is 2. The van der Waals surface area contributed by atoms with E-state index in [1.54, 1.807) is 24.3 Å². The van der Waals surface area contributed by atoms with Crippen LogP contribution in [-0.4, -0.2) is 21.8 Å². The first-order valence-electron chi connectivity index (χ1n) is 12.3. The van der Waals surface area contributed by atoms with E-state index < -0.39 is 47.0 Å². The second-order valence-electron chi connectivity index (χ2n) is 9.69. The number of aryl methyl sites for hydroxylation is 4. The summed E-state index contributed by atoms with van der Waals surface area (Å²) in [5.41, 5.74) is 4.06. The van der Waals surface area contributed by atoms with Crippen molar-refractivity contribution in [2.75, 3.05) is 0 Å². The number of carbonyl (C=O) groups is 2. The van der Waals surface area contributed by atoms with Gasteiger partial charge in [0.2, 0.25) is 0 Å². The molecule has 0 aliphatic heterocycles. The van der Waals surface area contributed by atoms with E-state index in [-0.39, 0.29) is 11.1 Å². The quantitative estimate of drug-likeness (QED) is 0.200. The average molecular weight is 553 g/mol. The predicted molar refractivity (Wildman–Crippen MR) is 143 cm³/mol. The average Bonchev–Trinajstić information content (AvgIpc) is 2.85. The summed E-state index contributed by atoms with van der Waals surface area (Å²) >= 11 is 0. The Hall–Kier alpha value is -4.14. The highest BCUT2D eigenvalue weighted by Crippen LogP contribution is 2.23. The van der Waals surface area contributed by atoms with Gasteiger partial charge in [-0.15, -0.1) is 0 Å². The zero-order chi connectivity index (χ0) is 29.7. The van der Waals surface area contributed by atoms with Crippen LogP contribution >= 0.6 is 0 Å². The van der Waals surface area contributed by atoms with E-state index in [0.717, 1.165) is 46.5 Å². The summed E-state index contributed by atoms with van der Waals surface area (Å²) in [5.74, 6) is -4.84.